The van der Waals surface area contributed by atoms with Crippen molar-refractivity contribution in [3.8, 4) is 5.75 Å². The Labute approximate surface area is 117 Å². The van der Waals surface area contributed by atoms with Crippen LogP contribution in [-0.2, 0) is 0 Å². The van der Waals surface area contributed by atoms with Gasteiger partial charge < -0.3 is 14.4 Å². The Balaban J connectivity index is 2.14. The first-order valence-corrected chi connectivity index (χ1v) is 9.64. The Morgan fingerprint density at radius 2 is 1.79 bits per heavy atom. The Morgan fingerprint density at radius 1 is 1.21 bits per heavy atom. The Hall–Kier alpha value is -0.843. The van der Waals surface area contributed by atoms with Crippen LogP contribution >= 0.6 is 0 Å². The SMILES string of the molecule is COc1ccc(C(C[Si]2(O)CCCC2)N(C)C)cc1. The average Bonchev–Trinajstić information content (AvgIpc) is 2.83. The number of methoxy groups -OCH3 is 1. The second-order valence-corrected chi connectivity index (χ2v) is 9.75. The number of hydrogen-bond acceptors (Lipinski definition) is 3. The zero-order valence-corrected chi connectivity index (χ0v) is 13.2. The van der Waals surface area contributed by atoms with Crippen molar-refractivity contribution in [1.29, 1.82) is 0 Å². The first kappa shape index (κ1) is 14.6. The number of ether oxygens (including phenoxy) is 1. The van der Waals surface area contributed by atoms with E-state index < -0.39 is 8.32 Å². The molecule has 1 aromatic carbocycles. The molecule has 1 aliphatic heterocycles. The van der Waals surface area contributed by atoms with Gasteiger partial charge in [0, 0.05) is 6.04 Å². The van der Waals surface area contributed by atoms with Crippen LogP contribution in [-0.4, -0.2) is 39.2 Å². The zero-order valence-electron chi connectivity index (χ0n) is 12.2. The minimum absolute atomic E-state index is 0.320. The molecule has 0 aliphatic carbocycles. The second kappa shape index (κ2) is 6.07. The monoisotopic (exact) mass is 279 g/mol. The van der Waals surface area contributed by atoms with Crippen LogP contribution in [0, 0.1) is 0 Å². The van der Waals surface area contributed by atoms with Crippen LogP contribution < -0.4 is 4.74 Å². The molecular formula is C15H25NO2Si. The fourth-order valence-corrected chi connectivity index (χ4v) is 6.82. The maximum absolute atomic E-state index is 10.8. The van der Waals surface area contributed by atoms with Gasteiger partial charge in [-0.1, -0.05) is 25.0 Å². The van der Waals surface area contributed by atoms with Gasteiger partial charge in [0.25, 0.3) is 0 Å². The highest BCUT2D eigenvalue weighted by Crippen LogP contribution is 2.37. The lowest BCUT2D eigenvalue weighted by atomic mass is 10.1. The van der Waals surface area contributed by atoms with Crippen molar-refractivity contribution in [3.05, 3.63) is 29.8 Å². The minimum atomic E-state index is -1.99. The van der Waals surface area contributed by atoms with Gasteiger partial charge in [-0.3, -0.25) is 0 Å². The van der Waals surface area contributed by atoms with Gasteiger partial charge in [-0.05, 0) is 49.9 Å². The van der Waals surface area contributed by atoms with E-state index in [1.807, 2.05) is 12.1 Å². The molecule has 1 saturated heterocycles. The molecule has 1 aromatic rings. The summed E-state index contributed by atoms with van der Waals surface area (Å²) < 4.78 is 5.21. The maximum Gasteiger partial charge on any atom is 0.190 e. The van der Waals surface area contributed by atoms with E-state index in [0.717, 1.165) is 23.9 Å². The van der Waals surface area contributed by atoms with Gasteiger partial charge in [-0.15, -0.1) is 0 Å². The molecule has 0 spiro atoms. The molecule has 0 aromatic heterocycles. The third-order valence-corrected chi connectivity index (χ3v) is 7.95. The highest BCUT2D eigenvalue weighted by atomic mass is 28.4. The van der Waals surface area contributed by atoms with E-state index in [2.05, 4.69) is 31.1 Å². The quantitative estimate of drug-likeness (QED) is 0.841. The third-order valence-electron chi connectivity index (χ3n) is 4.23. The third kappa shape index (κ3) is 3.59. The molecular weight excluding hydrogens is 254 g/mol. The van der Waals surface area contributed by atoms with Crippen molar-refractivity contribution in [2.45, 2.75) is 37.0 Å². The number of nitrogens with zero attached hydrogens (tertiary/aromatic N) is 1. The molecule has 4 heteroatoms. The zero-order chi connectivity index (χ0) is 13.9. The van der Waals surface area contributed by atoms with Gasteiger partial charge in [-0.2, -0.15) is 0 Å². The first-order chi connectivity index (χ1) is 9.04. The maximum atomic E-state index is 10.8. The summed E-state index contributed by atoms with van der Waals surface area (Å²) in [6.07, 6.45) is 2.43. The Bertz CT molecular complexity index is 399. The van der Waals surface area contributed by atoms with Crippen molar-refractivity contribution in [3.63, 3.8) is 0 Å². The van der Waals surface area contributed by atoms with E-state index in [-0.39, 0.29) is 0 Å². The largest absolute Gasteiger partial charge is 0.497 e. The van der Waals surface area contributed by atoms with Crippen molar-refractivity contribution in [2.24, 2.45) is 0 Å². The molecule has 1 unspecified atom stereocenters. The van der Waals surface area contributed by atoms with Gasteiger partial charge in [0.1, 0.15) is 5.75 Å². The summed E-state index contributed by atoms with van der Waals surface area (Å²) in [7, 11) is 3.90. The lowest BCUT2D eigenvalue weighted by Crippen LogP contribution is -2.36. The molecule has 1 atom stereocenters. The summed E-state index contributed by atoms with van der Waals surface area (Å²) in [6.45, 7) is 0. The molecule has 0 radical (unpaired) electrons. The first-order valence-electron chi connectivity index (χ1n) is 7.07. The number of hydrogen-bond donors (Lipinski definition) is 1. The fraction of sp³-hybridized carbons (Fsp3) is 0.600. The van der Waals surface area contributed by atoms with Gasteiger partial charge in [0.05, 0.1) is 7.11 Å². The van der Waals surface area contributed by atoms with Crippen LogP contribution in [0.15, 0.2) is 24.3 Å². The summed E-state index contributed by atoms with van der Waals surface area (Å²) in [5, 5.41) is 0. The molecule has 2 rings (SSSR count). The van der Waals surface area contributed by atoms with E-state index in [0.29, 0.717) is 6.04 Å². The normalized spacial score (nSPS) is 19.6. The highest BCUT2D eigenvalue weighted by Gasteiger charge is 2.38. The Kier molecular flexibility index (Phi) is 4.65. The molecule has 1 heterocycles. The van der Waals surface area contributed by atoms with Gasteiger partial charge in [0.15, 0.2) is 8.32 Å². The number of rotatable bonds is 5. The predicted molar refractivity (Wildman–Crippen MR) is 81.0 cm³/mol. The molecule has 1 N–H and O–H groups in total. The van der Waals surface area contributed by atoms with Crippen molar-refractivity contribution in [2.75, 3.05) is 21.2 Å². The van der Waals surface area contributed by atoms with E-state index in [4.69, 9.17) is 4.74 Å². The predicted octanol–water partition coefficient (Wildman–Crippen LogP) is 3.03. The standard InChI is InChI=1S/C15H25NO2Si/c1-16(2)15(12-19(17)10-4-5-11-19)13-6-8-14(18-3)9-7-13/h6-9,15,17H,4-5,10-12H2,1-3H3. The lowest BCUT2D eigenvalue weighted by Gasteiger charge is -2.31. The fourth-order valence-electron chi connectivity index (χ4n) is 3.02. The van der Waals surface area contributed by atoms with Crippen molar-refractivity contribution >= 4 is 8.32 Å². The molecule has 3 nitrogen and oxygen atoms in total. The van der Waals surface area contributed by atoms with E-state index in [1.165, 1.54) is 18.4 Å². The summed E-state index contributed by atoms with van der Waals surface area (Å²) >= 11 is 0. The topological polar surface area (TPSA) is 32.7 Å². The minimum Gasteiger partial charge on any atom is -0.497 e. The molecule has 0 saturated carbocycles. The lowest BCUT2D eigenvalue weighted by molar-refractivity contribution is 0.309. The molecule has 106 valence electrons. The van der Waals surface area contributed by atoms with E-state index >= 15 is 0 Å². The summed E-state index contributed by atoms with van der Waals surface area (Å²) in [5.74, 6) is 0.887. The van der Waals surface area contributed by atoms with Gasteiger partial charge in [0.2, 0.25) is 0 Å². The van der Waals surface area contributed by atoms with Crippen LogP contribution in [0.2, 0.25) is 18.1 Å². The van der Waals surface area contributed by atoms with Gasteiger partial charge >= 0.3 is 0 Å². The van der Waals surface area contributed by atoms with E-state index in [1.54, 1.807) is 7.11 Å². The molecule has 19 heavy (non-hydrogen) atoms. The smallest absolute Gasteiger partial charge is 0.190 e. The summed E-state index contributed by atoms with van der Waals surface area (Å²) in [5.41, 5.74) is 1.28. The average molecular weight is 279 g/mol. The Morgan fingerprint density at radius 3 is 2.26 bits per heavy atom. The van der Waals surface area contributed by atoms with Crippen LogP contribution in [0.4, 0.5) is 0 Å². The van der Waals surface area contributed by atoms with Gasteiger partial charge in [-0.25, -0.2) is 0 Å². The van der Waals surface area contributed by atoms with E-state index in [9.17, 15) is 4.80 Å². The van der Waals surface area contributed by atoms with Crippen LogP contribution in [0.5, 0.6) is 5.75 Å². The summed E-state index contributed by atoms with van der Waals surface area (Å²) in [4.78, 5) is 13.0. The molecule has 0 amide bonds. The molecule has 1 fully saturated rings. The highest BCUT2D eigenvalue weighted by molar-refractivity contribution is 6.73. The summed E-state index contributed by atoms with van der Waals surface area (Å²) in [6, 6.07) is 11.7. The second-order valence-electron chi connectivity index (χ2n) is 5.89. The molecule has 0 bridgehead atoms. The van der Waals surface area contributed by atoms with Crippen LogP contribution in [0.25, 0.3) is 0 Å². The van der Waals surface area contributed by atoms with Crippen molar-refractivity contribution in [1.82, 2.24) is 4.90 Å². The van der Waals surface area contributed by atoms with Crippen molar-refractivity contribution < 1.29 is 9.53 Å². The number of benzene rings is 1. The molecule has 1 aliphatic rings. The van der Waals surface area contributed by atoms with Crippen LogP contribution in [0.1, 0.15) is 24.4 Å². The van der Waals surface area contributed by atoms with Crippen LogP contribution in [0.3, 0.4) is 0 Å².